The lowest BCUT2D eigenvalue weighted by atomic mass is 10.1. The molecule has 0 radical (unpaired) electrons. The number of aromatic amines is 1. The smallest absolute Gasteiger partial charge is 0.330 e. The predicted molar refractivity (Wildman–Crippen MR) is 121 cm³/mol. The van der Waals surface area contributed by atoms with Crippen LogP contribution in [0.5, 0.6) is 5.75 Å². The van der Waals surface area contributed by atoms with Crippen molar-refractivity contribution >= 4 is 17.4 Å². The first-order valence-corrected chi connectivity index (χ1v) is 10.5. The number of rotatable bonds is 11. The zero-order valence-electron chi connectivity index (χ0n) is 18.6. The molecular formula is C22H32N4O5. The van der Waals surface area contributed by atoms with Crippen molar-refractivity contribution in [2.45, 2.75) is 40.2 Å². The maximum atomic E-state index is 13.3. The van der Waals surface area contributed by atoms with Crippen LogP contribution in [-0.2, 0) is 11.3 Å². The molecule has 0 atom stereocenters. The number of nitrogen functional groups attached to an aromatic ring is 1. The third kappa shape index (κ3) is 6.21. The van der Waals surface area contributed by atoms with Crippen LogP contribution < -0.4 is 26.6 Å². The van der Waals surface area contributed by atoms with E-state index in [1.54, 1.807) is 24.3 Å². The number of nitrogens with one attached hydrogen (secondary N) is 1. The third-order valence-electron chi connectivity index (χ3n) is 4.76. The van der Waals surface area contributed by atoms with E-state index in [1.807, 2.05) is 6.92 Å². The van der Waals surface area contributed by atoms with Gasteiger partial charge in [-0.2, -0.15) is 0 Å². The van der Waals surface area contributed by atoms with Crippen molar-refractivity contribution in [2.75, 3.05) is 37.5 Å². The van der Waals surface area contributed by atoms with Crippen LogP contribution in [-0.4, -0.2) is 42.3 Å². The van der Waals surface area contributed by atoms with Crippen molar-refractivity contribution in [1.29, 1.82) is 0 Å². The Kier molecular flexibility index (Phi) is 8.87. The lowest BCUT2D eigenvalue weighted by Gasteiger charge is -2.24. The fraction of sp³-hybridized carbons (Fsp3) is 0.500. The lowest BCUT2D eigenvalue weighted by Crippen LogP contribution is -2.42. The van der Waals surface area contributed by atoms with Crippen molar-refractivity contribution in [2.24, 2.45) is 5.92 Å². The van der Waals surface area contributed by atoms with Crippen LogP contribution in [0, 0.1) is 5.92 Å². The number of aromatic nitrogens is 2. The molecule has 2 rings (SSSR count). The Hall–Kier alpha value is -3.07. The molecule has 0 aliphatic heterocycles. The second-order valence-electron chi connectivity index (χ2n) is 7.65. The summed E-state index contributed by atoms with van der Waals surface area (Å²) in [7, 11) is 1.50. The van der Waals surface area contributed by atoms with E-state index in [0.29, 0.717) is 36.8 Å². The van der Waals surface area contributed by atoms with Gasteiger partial charge >= 0.3 is 5.69 Å². The molecule has 9 nitrogen and oxygen atoms in total. The standard InChI is InChI=1S/C22H32N4O5/c1-5-11-26-19(23)18(20(27)24-22(26)29)25(12-14-30-4)21(28)16-6-8-17(9-7-16)31-13-10-15(2)3/h6-9,15H,5,10-14,23H2,1-4H3,(H,24,27,29). The maximum Gasteiger partial charge on any atom is 0.330 e. The van der Waals surface area contributed by atoms with Crippen molar-refractivity contribution in [3.05, 3.63) is 50.7 Å². The highest BCUT2D eigenvalue weighted by molar-refractivity contribution is 6.07. The van der Waals surface area contributed by atoms with Crippen LogP contribution >= 0.6 is 0 Å². The summed E-state index contributed by atoms with van der Waals surface area (Å²) in [5, 5.41) is 0. The quantitative estimate of drug-likeness (QED) is 0.562. The van der Waals surface area contributed by atoms with Crippen LogP contribution in [0.2, 0.25) is 0 Å². The number of nitrogens with zero attached hydrogens (tertiary/aromatic N) is 2. The van der Waals surface area contributed by atoms with Crippen molar-refractivity contribution in [3.8, 4) is 5.75 Å². The summed E-state index contributed by atoms with van der Waals surface area (Å²) in [6.07, 6.45) is 1.57. The van der Waals surface area contributed by atoms with Gasteiger partial charge in [0, 0.05) is 25.8 Å². The number of amides is 1. The van der Waals surface area contributed by atoms with Gasteiger partial charge in [0.05, 0.1) is 13.2 Å². The molecular weight excluding hydrogens is 400 g/mol. The molecule has 1 aromatic carbocycles. The fourth-order valence-corrected chi connectivity index (χ4v) is 3.04. The van der Waals surface area contributed by atoms with E-state index < -0.39 is 17.2 Å². The summed E-state index contributed by atoms with van der Waals surface area (Å²) in [6, 6.07) is 6.71. The van der Waals surface area contributed by atoms with E-state index in [-0.39, 0.29) is 24.7 Å². The molecule has 3 N–H and O–H groups in total. The van der Waals surface area contributed by atoms with Gasteiger partial charge in [0.2, 0.25) is 0 Å². The fourth-order valence-electron chi connectivity index (χ4n) is 3.04. The molecule has 0 spiro atoms. The molecule has 0 fully saturated rings. The number of hydrogen-bond donors (Lipinski definition) is 2. The highest BCUT2D eigenvalue weighted by Crippen LogP contribution is 2.21. The van der Waals surface area contributed by atoms with Crippen LogP contribution in [0.25, 0.3) is 0 Å². The first kappa shape index (κ1) is 24.2. The lowest BCUT2D eigenvalue weighted by molar-refractivity contribution is 0.0975. The van der Waals surface area contributed by atoms with Gasteiger partial charge in [0.15, 0.2) is 5.69 Å². The number of ether oxygens (including phenoxy) is 2. The summed E-state index contributed by atoms with van der Waals surface area (Å²) in [6.45, 7) is 7.33. The van der Waals surface area contributed by atoms with Crippen molar-refractivity contribution < 1.29 is 14.3 Å². The Morgan fingerprint density at radius 2 is 1.87 bits per heavy atom. The average molecular weight is 433 g/mol. The molecule has 170 valence electrons. The van der Waals surface area contributed by atoms with Gasteiger partial charge in [0.1, 0.15) is 11.6 Å². The molecule has 0 unspecified atom stereocenters. The van der Waals surface area contributed by atoms with E-state index >= 15 is 0 Å². The second kappa shape index (κ2) is 11.4. The van der Waals surface area contributed by atoms with Crippen LogP contribution in [0.3, 0.4) is 0 Å². The van der Waals surface area contributed by atoms with Gasteiger partial charge in [-0.25, -0.2) is 4.79 Å². The first-order chi connectivity index (χ1) is 14.8. The Bertz CT molecular complexity index is 979. The number of carbonyl (C=O) groups excluding carboxylic acids is 1. The molecule has 31 heavy (non-hydrogen) atoms. The highest BCUT2D eigenvalue weighted by Gasteiger charge is 2.25. The number of carbonyl (C=O) groups is 1. The number of hydrogen-bond acceptors (Lipinski definition) is 6. The van der Waals surface area contributed by atoms with Gasteiger partial charge in [0.25, 0.3) is 11.5 Å². The third-order valence-corrected chi connectivity index (χ3v) is 4.76. The van der Waals surface area contributed by atoms with E-state index in [1.165, 1.54) is 16.6 Å². The van der Waals surface area contributed by atoms with Gasteiger partial charge in [-0.05, 0) is 43.0 Å². The van der Waals surface area contributed by atoms with Gasteiger partial charge < -0.3 is 15.2 Å². The van der Waals surface area contributed by atoms with Crippen molar-refractivity contribution in [3.63, 3.8) is 0 Å². The normalized spacial score (nSPS) is 11.0. The molecule has 0 aliphatic rings. The summed E-state index contributed by atoms with van der Waals surface area (Å²) < 4.78 is 12.1. The van der Waals surface area contributed by atoms with E-state index in [9.17, 15) is 14.4 Å². The van der Waals surface area contributed by atoms with E-state index in [2.05, 4.69) is 18.8 Å². The maximum absolute atomic E-state index is 13.3. The Labute approximate surface area is 181 Å². The van der Waals surface area contributed by atoms with Gasteiger partial charge in [-0.15, -0.1) is 0 Å². The number of nitrogens with two attached hydrogens (primary N) is 1. The molecule has 0 saturated heterocycles. The summed E-state index contributed by atoms with van der Waals surface area (Å²) in [5.74, 6) is 0.725. The highest BCUT2D eigenvalue weighted by atomic mass is 16.5. The van der Waals surface area contributed by atoms with Crippen LogP contribution in [0.4, 0.5) is 11.5 Å². The zero-order valence-corrected chi connectivity index (χ0v) is 18.6. The van der Waals surface area contributed by atoms with Crippen molar-refractivity contribution in [1.82, 2.24) is 9.55 Å². The second-order valence-corrected chi connectivity index (χ2v) is 7.65. The number of benzene rings is 1. The number of H-pyrrole nitrogens is 1. The molecule has 1 amide bonds. The Morgan fingerprint density at radius 3 is 2.45 bits per heavy atom. The molecule has 0 bridgehead atoms. The number of methoxy groups -OCH3 is 1. The minimum Gasteiger partial charge on any atom is -0.494 e. The predicted octanol–water partition coefficient (Wildman–Crippen LogP) is 2.25. The SMILES string of the molecule is CCCn1c(N)c(N(CCOC)C(=O)c2ccc(OCCC(C)C)cc2)c(=O)[nH]c1=O. The van der Waals surface area contributed by atoms with Crippen LogP contribution in [0.1, 0.15) is 44.0 Å². The van der Waals surface area contributed by atoms with E-state index in [4.69, 9.17) is 15.2 Å². The largest absolute Gasteiger partial charge is 0.494 e. The molecule has 1 aromatic heterocycles. The summed E-state index contributed by atoms with van der Waals surface area (Å²) in [5.41, 5.74) is 5.13. The minimum absolute atomic E-state index is 0.0475. The minimum atomic E-state index is -0.715. The van der Waals surface area contributed by atoms with Gasteiger partial charge in [-0.1, -0.05) is 20.8 Å². The molecule has 2 aromatic rings. The van der Waals surface area contributed by atoms with Crippen LogP contribution in [0.15, 0.2) is 33.9 Å². The van der Waals surface area contributed by atoms with Gasteiger partial charge in [-0.3, -0.25) is 24.0 Å². The summed E-state index contributed by atoms with van der Waals surface area (Å²) in [4.78, 5) is 41.5. The van der Waals surface area contributed by atoms with E-state index in [0.717, 1.165) is 6.42 Å². The molecule has 0 aliphatic carbocycles. The topological polar surface area (TPSA) is 120 Å². The number of anilines is 2. The Morgan fingerprint density at radius 1 is 1.19 bits per heavy atom. The summed E-state index contributed by atoms with van der Waals surface area (Å²) >= 11 is 0. The zero-order chi connectivity index (χ0) is 23.0. The monoisotopic (exact) mass is 432 g/mol. The molecule has 0 saturated carbocycles. The molecule has 9 heteroatoms. The average Bonchev–Trinajstić information content (AvgIpc) is 2.73. The first-order valence-electron chi connectivity index (χ1n) is 10.5. The molecule has 1 heterocycles. The Balaban J connectivity index is 2.37.